The van der Waals surface area contributed by atoms with E-state index < -0.39 is 11.7 Å². The Hall–Kier alpha value is -3.07. The Kier molecular flexibility index (Phi) is 8.65. The van der Waals surface area contributed by atoms with Crippen LogP contribution in [0.15, 0.2) is 36.4 Å². The van der Waals surface area contributed by atoms with Gasteiger partial charge in [-0.3, -0.25) is 14.5 Å². The summed E-state index contributed by atoms with van der Waals surface area (Å²) < 4.78 is 44.5. The molecule has 2 aliphatic heterocycles. The van der Waals surface area contributed by atoms with Gasteiger partial charge < -0.3 is 14.5 Å². The maximum Gasteiger partial charge on any atom is 0.416 e. The van der Waals surface area contributed by atoms with Crippen molar-refractivity contribution in [3.8, 4) is 5.75 Å². The molecule has 2 fully saturated rings. The number of carbonyl (C=O) groups is 2. The average molecular weight is 532 g/mol. The highest BCUT2D eigenvalue weighted by Gasteiger charge is 2.31. The van der Waals surface area contributed by atoms with Gasteiger partial charge in [-0.05, 0) is 80.6 Å². The molecule has 2 heterocycles. The van der Waals surface area contributed by atoms with E-state index in [1.54, 1.807) is 4.90 Å². The van der Waals surface area contributed by atoms with Gasteiger partial charge in [-0.25, -0.2) is 0 Å². The molecule has 6 nitrogen and oxygen atoms in total. The van der Waals surface area contributed by atoms with Gasteiger partial charge in [0, 0.05) is 57.3 Å². The van der Waals surface area contributed by atoms with Crippen LogP contribution >= 0.6 is 0 Å². The first-order valence-electron chi connectivity index (χ1n) is 13.3. The van der Waals surface area contributed by atoms with Gasteiger partial charge in [0.2, 0.25) is 5.91 Å². The summed E-state index contributed by atoms with van der Waals surface area (Å²) >= 11 is 0. The second-order valence-corrected chi connectivity index (χ2v) is 10.2. The summed E-state index contributed by atoms with van der Waals surface area (Å²) in [7, 11) is 0. The lowest BCUT2D eigenvalue weighted by molar-refractivity contribution is -0.137. The maximum atomic E-state index is 12.8. The van der Waals surface area contributed by atoms with Crippen LogP contribution in [0, 0.1) is 13.8 Å². The maximum absolute atomic E-state index is 12.8. The van der Waals surface area contributed by atoms with Crippen molar-refractivity contribution in [3.05, 3.63) is 64.2 Å². The van der Waals surface area contributed by atoms with Crippen LogP contribution in [0.1, 0.15) is 64.8 Å². The third kappa shape index (κ3) is 6.31. The molecule has 0 spiro atoms. The fourth-order valence-electron chi connectivity index (χ4n) is 5.30. The van der Waals surface area contributed by atoms with Crippen molar-refractivity contribution in [1.82, 2.24) is 14.7 Å². The van der Waals surface area contributed by atoms with Crippen molar-refractivity contribution in [3.63, 3.8) is 0 Å². The number of piperazine rings is 1. The van der Waals surface area contributed by atoms with Crippen molar-refractivity contribution in [1.29, 1.82) is 0 Å². The van der Waals surface area contributed by atoms with Crippen molar-refractivity contribution in [2.45, 2.75) is 52.3 Å². The van der Waals surface area contributed by atoms with Crippen LogP contribution in [-0.4, -0.2) is 72.4 Å². The average Bonchev–Trinajstić information content (AvgIpc) is 3.32. The molecule has 1 unspecified atom stereocenters. The number of hydrogen-bond acceptors (Lipinski definition) is 4. The Morgan fingerprint density at radius 3 is 2.26 bits per heavy atom. The van der Waals surface area contributed by atoms with E-state index in [2.05, 4.69) is 31.7 Å². The van der Waals surface area contributed by atoms with Gasteiger partial charge in [-0.15, -0.1) is 0 Å². The number of rotatable bonds is 8. The number of carbonyl (C=O) groups excluding carboxylic acids is 2. The van der Waals surface area contributed by atoms with Gasteiger partial charge >= 0.3 is 6.18 Å². The smallest absolute Gasteiger partial charge is 0.416 e. The van der Waals surface area contributed by atoms with E-state index in [4.69, 9.17) is 4.74 Å². The summed E-state index contributed by atoms with van der Waals surface area (Å²) in [4.78, 5) is 30.5. The van der Waals surface area contributed by atoms with Crippen molar-refractivity contribution < 1.29 is 27.5 Å². The van der Waals surface area contributed by atoms with E-state index in [-0.39, 0.29) is 23.4 Å². The Bertz CT molecular complexity index is 1140. The zero-order valence-corrected chi connectivity index (χ0v) is 22.3. The zero-order chi connectivity index (χ0) is 27.4. The quantitative estimate of drug-likeness (QED) is 0.438. The monoisotopic (exact) mass is 531 g/mol. The summed E-state index contributed by atoms with van der Waals surface area (Å²) in [6.45, 7) is 10.9. The number of amides is 2. The molecule has 2 amide bonds. The minimum atomic E-state index is -4.42. The predicted molar refractivity (Wildman–Crippen MR) is 139 cm³/mol. The molecule has 2 aromatic rings. The first kappa shape index (κ1) is 28.0. The first-order valence-corrected chi connectivity index (χ1v) is 13.3. The molecule has 4 rings (SSSR count). The summed E-state index contributed by atoms with van der Waals surface area (Å²) in [6, 6.07) is 8.68. The van der Waals surface area contributed by atoms with Crippen molar-refractivity contribution in [2.75, 3.05) is 45.9 Å². The van der Waals surface area contributed by atoms with Gasteiger partial charge in [-0.2, -0.15) is 13.2 Å². The van der Waals surface area contributed by atoms with E-state index in [9.17, 15) is 22.8 Å². The number of benzene rings is 2. The number of likely N-dealkylation sites (tertiary alicyclic amines) is 1. The topological polar surface area (TPSA) is 53.1 Å². The van der Waals surface area contributed by atoms with E-state index in [1.165, 1.54) is 23.3 Å². The molecular weight excluding hydrogens is 495 g/mol. The van der Waals surface area contributed by atoms with Crippen LogP contribution < -0.4 is 4.74 Å². The minimum Gasteiger partial charge on any atom is -0.493 e. The third-order valence-corrected chi connectivity index (χ3v) is 7.84. The number of halogens is 3. The molecule has 0 bridgehead atoms. The fourth-order valence-corrected chi connectivity index (χ4v) is 5.30. The third-order valence-electron chi connectivity index (χ3n) is 7.84. The number of alkyl halides is 3. The standard InChI is InChI=1S/C29H36F3N3O3/c1-20-21(2)26(38-19-5-14-34-13-4-6-27(34)36)12-11-25(20)22(3)33-15-17-35(18-16-33)28(37)23-7-9-24(10-8-23)29(30,31)32/h7-12,22H,4-6,13-19H2,1-3H3. The van der Waals surface area contributed by atoms with Crippen molar-refractivity contribution >= 4 is 11.8 Å². The number of nitrogens with zero attached hydrogens (tertiary/aromatic N) is 3. The highest BCUT2D eigenvalue weighted by molar-refractivity contribution is 5.94. The molecule has 0 aliphatic carbocycles. The predicted octanol–water partition coefficient (Wildman–Crippen LogP) is 5.23. The van der Waals surface area contributed by atoms with Gasteiger partial charge in [0.25, 0.3) is 5.91 Å². The van der Waals surface area contributed by atoms with Gasteiger partial charge in [0.1, 0.15) is 5.75 Å². The number of ether oxygens (including phenoxy) is 1. The highest BCUT2D eigenvalue weighted by Crippen LogP contribution is 2.32. The zero-order valence-electron chi connectivity index (χ0n) is 22.3. The molecule has 0 N–H and O–H groups in total. The Morgan fingerprint density at radius 1 is 0.974 bits per heavy atom. The van der Waals surface area contributed by atoms with E-state index >= 15 is 0 Å². The van der Waals surface area contributed by atoms with Gasteiger partial charge in [0.15, 0.2) is 0 Å². The lowest BCUT2D eigenvalue weighted by Gasteiger charge is -2.39. The Balaban J connectivity index is 1.29. The molecule has 0 radical (unpaired) electrons. The lowest BCUT2D eigenvalue weighted by Crippen LogP contribution is -2.49. The Morgan fingerprint density at radius 2 is 1.66 bits per heavy atom. The van der Waals surface area contributed by atoms with E-state index in [1.807, 2.05) is 11.0 Å². The summed E-state index contributed by atoms with van der Waals surface area (Å²) in [5, 5.41) is 0. The second-order valence-electron chi connectivity index (χ2n) is 10.2. The van der Waals surface area contributed by atoms with Crippen LogP contribution in [0.25, 0.3) is 0 Å². The molecule has 9 heteroatoms. The largest absolute Gasteiger partial charge is 0.493 e. The molecular formula is C29H36F3N3O3. The van der Waals surface area contributed by atoms with Crippen LogP contribution in [0.3, 0.4) is 0 Å². The van der Waals surface area contributed by atoms with Crippen LogP contribution in [0.2, 0.25) is 0 Å². The van der Waals surface area contributed by atoms with E-state index in [0.717, 1.165) is 49.4 Å². The van der Waals surface area contributed by atoms with Crippen LogP contribution in [0.5, 0.6) is 5.75 Å². The molecule has 0 aromatic heterocycles. The van der Waals surface area contributed by atoms with Crippen LogP contribution in [-0.2, 0) is 11.0 Å². The molecule has 2 aliphatic rings. The molecule has 38 heavy (non-hydrogen) atoms. The lowest BCUT2D eigenvalue weighted by atomic mass is 9.96. The summed E-state index contributed by atoms with van der Waals surface area (Å²) in [5.74, 6) is 0.854. The second kappa shape index (κ2) is 11.8. The normalized spacial score (nSPS) is 17.7. The van der Waals surface area contributed by atoms with Gasteiger partial charge in [-0.1, -0.05) is 6.07 Å². The van der Waals surface area contributed by atoms with E-state index in [0.29, 0.717) is 39.2 Å². The van der Waals surface area contributed by atoms with Crippen LogP contribution in [0.4, 0.5) is 13.2 Å². The highest BCUT2D eigenvalue weighted by atomic mass is 19.4. The Labute approximate surface area is 222 Å². The molecule has 2 aromatic carbocycles. The first-order chi connectivity index (χ1) is 18.1. The van der Waals surface area contributed by atoms with Crippen molar-refractivity contribution in [2.24, 2.45) is 0 Å². The molecule has 206 valence electrons. The van der Waals surface area contributed by atoms with Gasteiger partial charge in [0.05, 0.1) is 12.2 Å². The molecule has 2 saturated heterocycles. The summed E-state index contributed by atoms with van der Waals surface area (Å²) in [5.41, 5.74) is 3.00. The molecule has 0 saturated carbocycles. The minimum absolute atomic E-state index is 0.146. The molecule has 1 atom stereocenters. The fraction of sp³-hybridized carbons (Fsp3) is 0.517. The SMILES string of the molecule is Cc1c(OCCCN2CCCC2=O)ccc(C(C)N2CCN(C(=O)c3ccc(C(F)(F)F)cc3)CC2)c1C. The number of hydrogen-bond donors (Lipinski definition) is 0. The summed E-state index contributed by atoms with van der Waals surface area (Å²) in [6.07, 6.45) is -2.01.